The van der Waals surface area contributed by atoms with Crippen molar-refractivity contribution < 1.29 is 5.11 Å². The van der Waals surface area contributed by atoms with E-state index in [2.05, 4.69) is 30.1 Å². The normalized spacial score (nSPS) is 19.3. The zero-order chi connectivity index (χ0) is 15.2. The van der Waals surface area contributed by atoms with Crippen molar-refractivity contribution in [1.29, 1.82) is 0 Å². The summed E-state index contributed by atoms with van der Waals surface area (Å²) in [6, 6.07) is 6.13. The second-order valence-corrected chi connectivity index (χ2v) is 6.82. The van der Waals surface area contributed by atoms with Crippen molar-refractivity contribution in [2.24, 2.45) is 11.8 Å². The number of nitrogens with one attached hydrogen (secondary N) is 1. The number of aliphatic hydroxyl groups is 1. The van der Waals surface area contributed by atoms with Crippen LogP contribution in [0.2, 0.25) is 5.02 Å². The fourth-order valence-corrected chi connectivity index (χ4v) is 3.28. The third-order valence-corrected chi connectivity index (χ3v) is 4.34. The first-order valence-electron chi connectivity index (χ1n) is 7.95. The van der Waals surface area contributed by atoms with Crippen molar-refractivity contribution in [3.63, 3.8) is 0 Å². The van der Waals surface area contributed by atoms with E-state index in [9.17, 15) is 5.11 Å². The lowest BCUT2D eigenvalue weighted by Gasteiger charge is -2.35. The Labute approximate surface area is 133 Å². The van der Waals surface area contributed by atoms with Gasteiger partial charge in [-0.3, -0.25) is 0 Å². The average Bonchev–Trinajstić information content (AvgIpc) is 2.47. The van der Waals surface area contributed by atoms with Crippen molar-refractivity contribution in [2.45, 2.75) is 33.2 Å². The van der Waals surface area contributed by atoms with E-state index in [1.165, 1.54) is 5.56 Å². The van der Waals surface area contributed by atoms with Gasteiger partial charge in [0.15, 0.2) is 0 Å². The number of piperidine rings is 1. The largest absolute Gasteiger partial charge is 0.396 e. The number of hydrogen-bond donors (Lipinski definition) is 2. The van der Waals surface area contributed by atoms with Crippen LogP contribution in [-0.4, -0.2) is 31.3 Å². The van der Waals surface area contributed by atoms with Crippen molar-refractivity contribution in [3.05, 3.63) is 28.8 Å². The van der Waals surface area contributed by atoms with E-state index in [-0.39, 0.29) is 6.61 Å². The molecule has 1 aromatic carbocycles. The van der Waals surface area contributed by atoms with Gasteiger partial charge in [-0.2, -0.15) is 0 Å². The van der Waals surface area contributed by atoms with Gasteiger partial charge in [-0.05, 0) is 42.9 Å². The zero-order valence-corrected chi connectivity index (χ0v) is 13.9. The van der Waals surface area contributed by atoms with Crippen LogP contribution in [0.1, 0.15) is 32.3 Å². The standard InChI is InChI=1S/C17H27ClN2O/c1-13(2)9-19-10-15-6-3-7-16(18)17(15)20-8-4-5-14(11-20)12-21/h3,6-7,13-14,19,21H,4-5,8-12H2,1-2H3. The summed E-state index contributed by atoms with van der Waals surface area (Å²) in [7, 11) is 0. The second-order valence-electron chi connectivity index (χ2n) is 6.41. The molecule has 0 aromatic heterocycles. The Hall–Kier alpha value is -0.770. The summed E-state index contributed by atoms with van der Waals surface area (Å²) < 4.78 is 0. The highest BCUT2D eigenvalue weighted by Gasteiger charge is 2.22. The molecule has 4 heteroatoms. The summed E-state index contributed by atoms with van der Waals surface area (Å²) >= 11 is 6.46. The van der Waals surface area contributed by atoms with E-state index in [0.29, 0.717) is 11.8 Å². The minimum atomic E-state index is 0.266. The van der Waals surface area contributed by atoms with E-state index < -0.39 is 0 Å². The van der Waals surface area contributed by atoms with Crippen LogP contribution >= 0.6 is 11.6 Å². The van der Waals surface area contributed by atoms with Crippen LogP contribution in [-0.2, 0) is 6.54 Å². The molecule has 0 saturated carbocycles. The number of benzene rings is 1. The molecule has 1 aliphatic heterocycles. The molecule has 0 aliphatic carbocycles. The van der Waals surface area contributed by atoms with Crippen LogP contribution in [0.5, 0.6) is 0 Å². The van der Waals surface area contributed by atoms with Gasteiger partial charge < -0.3 is 15.3 Å². The van der Waals surface area contributed by atoms with E-state index in [0.717, 1.165) is 49.7 Å². The van der Waals surface area contributed by atoms with Crippen LogP contribution < -0.4 is 10.2 Å². The molecule has 1 aromatic rings. The summed E-state index contributed by atoms with van der Waals surface area (Å²) in [5.74, 6) is 1.01. The van der Waals surface area contributed by atoms with Gasteiger partial charge in [0.2, 0.25) is 0 Å². The molecule has 1 atom stereocenters. The summed E-state index contributed by atoms with van der Waals surface area (Å²) in [5, 5.41) is 13.7. The van der Waals surface area contributed by atoms with Gasteiger partial charge in [-0.25, -0.2) is 0 Å². The first-order valence-corrected chi connectivity index (χ1v) is 8.33. The van der Waals surface area contributed by atoms with Crippen molar-refractivity contribution >= 4 is 17.3 Å². The Kier molecular flexibility index (Phi) is 6.34. The van der Waals surface area contributed by atoms with E-state index >= 15 is 0 Å². The lowest BCUT2D eigenvalue weighted by Crippen LogP contribution is -2.37. The molecule has 0 radical (unpaired) electrons. The third kappa shape index (κ3) is 4.60. The van der Waals surface area contributed by atoms with Crippen LogP contribution in [0.3, 0.4) is 0 Å². The number of aliphatic hydroxyl groups excluding tert-OH is 1. The highest BCUT2D eigenvalue weighted by Crippen LogP contribution is 2.33. The van der Waals surface area contributed by atoms with Gasteiger partial charge in [0.05, 0.1) is 10.7 Å². The molecule has 118 valence electrons. The first-order chi connectivity index (χ1) is 10.1. The molecule has 21 heavy (non-hydrogen) atoms. The summed E-state index contributed by atoms with van der Waals surface area (Å²) in [6.45, 7) is 8.46. The number of para-hydroxylation sites is 1. The number of halogens is 1. The van der Waals surface area contributed by atoms with Crippen LogP contribution in [0, 0.1) is 11.8 Å². The quantitative estimate of drug-likeness (QED) is 0.846. The van der Waals surface area contributed by atoms with Gasteiger partial charge in [-0.1, -0.05) is 37.6 Å². The monoisotopic (exact) mass is 310 g/mol. The van der Waals surface area contributed by atoms with Gasteiger partial charge in [0.1, 0.15) is 0 Å². The van der Waals surface area contributed by atoms with Crippen LogP contribution in [0.25, 0.3) is 0 Å². The molecular weight excluding hydrogens is 284 g/mol. The minimum absolute atomic E-state index is 0.266. The molecule has 1 fully saturated rings. The van der Waals surface area contributed by atoms with Crippen molar-refractivity contribution in [1.82, 2.24) is 5.32 Å². The van der Waals surface area contributed by atoms with Crippen molar-refractivity contribution in [3.8, 4) is 0 Å². The molecule has 0 bridgehead atoms. The molecule has 1 aliphatic rings. The Bertz CT molecular complexity index is 450. The number of rotatable bonds is 6. The lowest BCUT2D eigenvalue weighted by molar-refractivity contribution is 0.208. The van der Waals surface area contributed by atoms with Gasteiger partial charge in [-0.15, -0.1) is 0 Å². The van der Waals surface area contributed by atoms with Crippen molar-refractivity contribution in [2.75, 3.05) is 31.1 Å². The maximum Gasteiger partial charge on any atom is 0.0642 e. The van der Waals surface area contributed by atoms with E-state index in [4.69, 9.17) is 11.6 Å². The van der Waals surface area contributed by atoms with Crippen LogP contribution in [0.4, 0.5) is 5.69 Å². The number of nitrogens with zero attached hydrogens (tertiary/aromatic N) is 1. The fourth-order valence-electron chi connectivity index (χ4n) is 2.97. The number of hydrogen-bond acceptors (Lipinski definition) is 3. The summed E-state index contributed by atoms with van der Waals surface area (Å²) in [6.07, 6.45) is 2.23. The lowest BCUT2D eigenvalue weighted by atomic mass is 9.97. The smallest absolute Gasteiger partial charge is 0.0642 e. The third-order valence-electron chi connectivity index (χ3n) is 4.03. The maximum absolute atomic E-state index is 9.42. The predicted molar refractivity (Wildman–Crippen MR) is 90.0 cm³/mol. The Morgan fingerprint density at radius 2 is 2.24 bits per heavy atom. The Morgan fingerprint density at radius 1 is 1.43 bits per heavy atom. The highest BCUT2D eigenvalue weighted by atomic mass is 35.5. The number of anilines is 1. The Morgan fingerprint density at radius 3 is 2.95 bits per heavy atom. The molecule has 0 spiro atoms. The minimum Gasteiger partial charge on any atom is -0.396 e. The molecule has 0 amide bonds. The van der Waals surface area contributed by atoms with E-state index in [1.807, 2.05) is 12.1 Å². The average molecular weight is 311 g/mol. The van der Waals surface area contributed by atoms with Gasteiger partial charge >= 0.3 is 0 Å². The van der Waals surface area contributed by atoms with Crippen LogP contribution in [0.15, 0.2) is 18.2 Å². The molecule has 2 rings (SSSR count). The maximum atomic E-state index is 9.42. The Balaban J connectivity index is 2.13. The van der Waals surface area contributed by atoms with E-state index in [1.54, 1.807) is 0 Å². The SMILES string of the molecule is CC(C)CNCc1cccc(Cl)c1N1CCCC(CO)C1. The van der Waals surface area contributed by atoms with Gasteiger partial charge in [0, 0.05) is 26.2 Å². The highest BCUT2D eigenvalue weighted by molar-refractivity contribution is 6.33. The van der Waals surface area contributed by atoms with Gasteiger partial charge in [0.25, 0.3) is 0 Å². The molecule has 1 heterocycles. The predicted octanol–water partition coefficient (Wildman–Crippen LogP) is 3.29. The topological polar surface area (TPSA) is 35.5 Å². The summed E-state index contributed by atoms with van der Waals surface area (Å²) in [5.41, 5.74) is 2.40. The molecule has 1 unspecified atom stereocenters. The zero-order valence-electron chi connectivity index (χ0n) is 13.1. The summed E-state index contributed by atoms with van der Waals surface area (Å²) in [4.78, 5) is 2.35. The molecule has 2 N–H and O–H groups in total. The second kappa shape index (κ2) is 8.02. The molecular formula is C17H27ClN2O. The molecule has 1 saturated heterocycles. The fraction of sp³-hybridized carbons (Fsp3) is 0.647. The first kappa shape index (κ1) is 16.6. The molecule has 3 nitrogen and oxygen atoms in total.